The van der Waals surface area contributed by atoms with Crippen molar-refractivity contribution in [2.45, 2.75) is 25.8 Å². The van der Waals surface area contributed by atoms with E-state index in [4.69, 9.17) is 16.9 Å². The molecule has 0 bridgehead atoms. The molecule has 0 saturated heterocycles. The number of hydrogen-bond donors (Lipinski definition) is 4. The second-order valence-electron chi connectivity index (χ2n) is 2.70. The molecule has 0 aliphatic rings. The fraction of sp³-hybridized carbons (Fsp3) is 0.714. The van der Waals surface area contributed by atoms with E-state index in [-0.39, 0.29) is 0 Å². The first-order chi connectivity index (χ1) is 5.54. The standard InChI is InChI=1S/C7H16N4O/c1-5(8)11-4-2-3-6(9)7(10)12/h6H,2-4,9H2,1H3,(H2,8,11)(H2,10,12)/t6-/m1/s1. The van der Waals surface area contributed by atoms with Crippen molar-refractivity contribution >= 4 is 11.7 Å². The van der Waals surface area contributed by atoms with Gasteiger partial charge in [-0.15, -0.1) is 0 Å². The Morgan fingerprint density at radius 3 is 2.67 bits per heavy atom. The van der Waals surface area contributed by atoms with Gasteiger partial charge in [0.25, 0.3) is 0 Å². The Labute approximate surface area is 72.0 Å². The molecular formula is C7H16N4O. The molecule has 0 aromatic carbocycles. The van der Waals surface area contributed by atoms with Crippen LogP contribution in [0.15, 0.2) is 0 Å². The maximum Gasteiger partial charge on any atom is 0.234 e. The molecule has 0 spiro atoms. The van der Waals surface area contributed by atoms with Gasteiger partial charge >= 0.3 is 0 Å². The maximum absolute atomic E-state index is 10.5. The van der Waals surface area contributed by atoms with E-state index in [1.54, 1.807) is 6.92 Å². The zero-order valence-electron chi connectivity index (χ0n) is 7.26. The molecule has 1 atom stereocenters. The van der Waals surface area contributed by atoms with Gasteiger partial charge in [0.2, 0.25) is 5.91 Å². The van der Waals surface area contributed by atoms with E-state index in [1.165, 1.54) is 0 Å². The van der Waals surface area contributed by atoms with Gasteiger partial charge in [-0.2, -0.15) is 0 Å². The Morgan fingerprint density at radius 1 is 1.67 bits per heavy atom. The van der Waals surface area contributed by atoms with Gasteiger partial charge in [0.1, 0.15) is 0 Å². The topological polar surface area (TPSA) is 105 Å². The van der Waals surface area contributed by atoms with Crippen molar-refractivity contribution in [1.82, 2.24) is 5.32 Å². The van der Waals surface area contributed by atoms with E-state index < -0.39 is 11.9 Å². The predicted octanol–water partition coefficient (Wildman–Crippen LogP) is -0.834. The van der Waals surface area contributed by atoms with Gasteiger partial charge in [0.15, 0.2) is 0 Å². The lowest BCUT2D eigenvalue weighted by atomic mass is 10.1. The minimum absolute atomic E-state index is 0.419. The third kappa shape index (κ3) is 5.67. The molecule has 0 heterocycles. The number of amidine groups is 1. The molecule has 0 aliphatic heterocycles. The molecule has 1 amide bonds. The largest absolute Gasteiger partial charge is 0.374 e. The molecule has 12 heavy (non-hydrogen) atoms. The first-order valence-corrected chi connectivity index (χ1v) is 3.88. The molecule has 0 aliphatic carbocycles. The first-order valence-electron chi connectivity index (χ1n) is 3.88. The lowest BCUT2D eigenvalue weighted by Crippen LogP contribution is -2.37. The molecule has 0 unspecified atom stereocenters. The molecule has 0 saturated carbocycles. The third-order valence-corrected chi connectivity index (χ3v) is 1.45. The highest BCUT2D eigenvalue weighted by Crippen LogP contribution is 1.91. The summed E-state index contributed by atoms with van der Waals surface area (Å²) in [7, 11) is 0. The number of rotatable bonds is 5. The van der Waals surface area contributed by atoms with Crippen molar-refractivity contribution in [2.75, 3.05) is 6.54 Å². The van der Waals surface area contributed by atoms with Crippen LogP contribution in [0.4, 0.5) is 0 Å². The normalized spacial score (nSPS) is 12.2. The number of carbonyl (C=O) groups is 1. The van der Waals surface area contributed by atoms with Crippen molar-refractivity contribution in [1.29, 1.82) is 5.41 Å². The van der Waals surface area contributed by atoms with Crippen LogP contribution < -0.4 is 16.8 Å². The summed E-state index contributed by atoms with van der Waals surface area (Å²) in [5, 5.41) is 9.85. The van der Waals surface area contributed by atoms with Crippen LogP contribution in [0, 0.1) is 5.41 Å². The Hall–Kier alpha value is -1.10. The quantitative estimate of drug-likeness (QED) is 0.247. The summed E-state index contributed by atoms with van der Waals surface area (Å²) >= 11 is 0. The van der Waals surface area contributed by atoms with Crippen LogP contribution in [0.3, 0.4) is 0 Å². The fourth-order valence-corrected chi connectivity index (χ4v) is 0.740. The second-order valence-corrected chi connectivity index (χ2v) is 2.70. The molecule has 0 fully saturated rings. The lowest BCUT2D eigenvalue weighted by Gasteiger charge is -2.07. The molecule has 6 N–H and O–H groups in total. The Balaban J connectivity index is 3.31. The van der Waals surface area contributed by atoms with E-state index >= 15 is 0 Å². The maximum atomic E-state index is 10.5. The highest BCUT2D eigenvalue weighted by molar-refractivity contribution is 5.79. The van der Waals surface area contributed by atoms with Gasteiger partial charge < -0.3 is 16.8 Å². The molecule has 0 aromatic rings. The third-order valence-electron chi connectivity index (χ3n) is 1.45. The zero-order chi connectivity index (χ0) is 9.56. The summed E-state index contributed by atoms with van der Waals surface area (Å²) in [6.07, 6.45) is 1.32. The summed E-state index contributed by atoms with van der Waals surface area (Å²) < 4.78 is 0. The number of nitrogens with one attached hydrogen (secondary N) is 2. The molecule has 0 aromatic heterocycles. The van der Waals surface area contributed by atoms with Gasteiger partial charge in [0.05, 0.1) is 11.9 Å². The molecule has 5 nitrogen and oxygen atoms in total. The summed E-state index contributed by atoms with van der Waals surface area (Å²) in [6.45, 7) is 2.32. The summed E-state index contributed by atoms with van der Waals surface area (Å²) in [4.78, 5) is 10.5. The SMILES string of the molecule is CC(=N)NCCC[C@@H](N)C(N)=O. The van der Waals surface area contributed by atoms with E-state index in [0.717, 1.165) is 6.42 Å². The van der Waals surface area contributed by atoms with Crippen LogP contribution in [-0.2, 0) is 4.79 Å². The van der Waals surface area contributed by atoms with Gasteiger partial charge in [-0.25, -0.2) is 0 Å². The number of nitrogens with two attached hydrogens (primary N) is 2. The Morgan fingerprint density at radius 2 is 2.25 bits per heavy atom. The highest BCUT2D eigenvalue weighted by atomic mass is 16.1. The number of hydrogen-bond acceptors (Lipinski definition) is 3. The average Bonchev–Trinajstić information content (AvgIpc) is 1.97. The predicted molar refractivity (Wildman–Crippen MR) is 47.8 cm³/mol. The van der Waals surface area contributed by atoms with Crippen molar-refractivity contribution in [3.63, 3.8) is 0 Å². The monoisotopic (exact) mass is 172 g/mol. The van der Waals surface area contributed by atoms with Gasteiger partial charge in [-0.3, -0.25) is 10.2 Å². The molecule has 70 valence electrons. The van der Waals surface area contributed by atoms with E-state index in [1.807, 2.05) is 0 Å². The van der Waals surface area contributed by atoms with Gasteiger partial charge in [-0.05, 0) is 19.8 Å². The Kier molecular flexibility index (Phi) is 5.03. The zero-order valence-corrected chi connectivity index (χ0v) is 7.26. The van der Waals surface area contributed by atoms with E-state index in [9.17, 15) is 4.79 Å². The summed E-state index contributed by atoms with van der Waals surface area (Å²) in [5.41, 5.74) is 10.3. The van der Waals surface area contributed by atoms with Crippen LogP contribution in [0.1, 0.15) is 19.8 Å². The highest BCUT2D eigenvalue weighted by Gasteiger charge is 2.07. The van der Waals surface area contributed by atoms with Crippen molar-refractivity contribution in [3.05, 3.63) is 0 Å². The van der Waals surface area contributed by atoms with Crippen LogP contribution in [0.2, 0.25) is 0 Å². The van der Waals surface area contributed by atoms with Crippen LogP contribution in [0.25, 0.3) is 0 Å². The summed E-state index contributed by atoms with van der Waals surface area (Å²) in [6, 6.07) is -0.558. The van der Waals surface area contributed by atoms with E-state index in [2.05, 4.69) is 5.32 Å². The molecule has 5 heteroatoms. The minimum Gasteiger partial charge on any atom is -0.374 e. The van der Waals surface area contributed by atoms with Crippen LogP contribution in [-0.4, -0.2) is 24.3 Å². The lowest BCUT2D eigenvalue weighted by molar-refractivity contribution is -0.119. The van der Waals surface area contributed by atoms with Crippen molar-refractivity contribution < 1.29 is 4.79 Å². The van der Waals surface area contributed by atoms with Gasteiger partial charge in [0, 0.05) is 6.54 Å². The number of carbonyl (C=O) groups excluding carboxylic acids is 1. The van der Waals surface area contributed by atoms with E-state index in [0.29, 0.717) is 18.8 Å². The van der Waals surface area contributed by atoms with Crippen molar-refractivity contribution in [2.24, 2.45) is 11.5 Å². The first kappa shape index (κ1) is 10.9. The van der Waals surface area contributed by atoms with Crippen molar-refractivity contribution in [3.8, 4) is 0 Å². The van der Waals surface area contributed by atoms with Crippen LogP contribution in [0.5, 0.6) is 0 Å². The second kappa shape index (κ2) is 5.54. The van der Waals surface area contributed by atoms with Crippen LogP contribution >= 0.6 is 0 Å². The number of amides is 1. The Bertz CT molecular complexity index is 169. The van der Waals surface area contributed by atoms with Gasteiger partial charge in [-0.1, -0.05) is 0 Å². The number of primary amides is 1. The molecule has 0 rings (SSSR count). The molecular weight excluding hydrogens is 156 g/mol. The minimum atomic E-state index is -0.558. The smallest absolute Gasteiger partial charge is 0.234 e. The average molecular weight is 172 g/mol. The molecule has 0 radical (unpaired) electrons. The summed E-state index contributed by atoms with van der Waals surface area (Å²) in [5.74, 6) is -0.0516. The fourth-order valence-electron chi connectivity index (χ4n) is 0.740.